The molecule has 11 heteroatoms. The second-order valence-corrected chi connectivity index (χ2v) is 37.1. The van der Waals surface area contributed by atoms with Crippen molar-refractivity contribution in [2.24, 2.45) is 0 Å². The highest BCUT2D eigenvalue weighted by atomic mass is 28.3. The van der Waals surface area contributed by atoms with E-state index < -0.39 is 8.07 Å². The van der Waals surface area contributed by atoms with E-state index in [2.05, 4.69) is 455 Å². The van der Waals surface area contributed by atoms with Crippen LogP contribution in [0.2, 0.25) is 0 Å². The third-order valence-corrected chi connectivity index (χ3v) is 30.7. The Bertz CT molecular complexity index is 8270. The molecule has 131 heavy (non-hydrogen) atoms. The fourth-order valence-corrected chi connectivity index (χ4v) is 24.5. The predicted molar refractivity (Wildman–Crippen MR) is 544 cm³/mol. The standard InChI is InChI=1S/C64H44N4Si.C56H36N6/c1-5-17-51(18-6-1)67-60-27-15-13-25-56(60)58-41-48(35-39-62(58)67)49-36-40-63-59(42-49)57-26-14-16-28-61(57)68(63)64-65-43-50(44-66-64)47-31-29-45(30-32-47)46-33-37-55(38-34-46)69(52-19-7-2-8-20-52,53-21-9-3-10-22-53)54-23-11-4-12-24-54;1-3-13-37(14-4-1)39-17-11-19-43(33-39)49-29-31-57-55(59-49)61-51-23-9-7-21-45(51)47-35-41(25-27-53(47)61)42-26-28-54-48(36-42)46-22-8-10-24-52(46)62(54)56-58-32-30-50(60-56)44-20-12-18-40(34-44)38-15-5-2-6-16-38/h1-44H;1-36H. The van der Waals surface area contributed by atoms with Gasteiger partial charge in [-0.1, -0.05) is 352 Å². The number of hydrogen-bond donors (Lipinski definition) is 0. The van der Waals surface area contributed by atoms with Gasteiger partial charge in [-0.15, -0.1) is 0 Å². The third kappa shape index (κ3) is 13.7. The Morgan fingerprint density at radius 3 is 0.802 bits per heavy atom. The highest BCUT2D eigenvalue weighted by Gasteiger charge is 2.41. The molecule has 0 spiro atoms. The van der Waals surface area contributed by atoms with Crippen molar-refractivity contribution >= 4 is 116 Å². The maximum absolute atomic E-state index is 5.17. The summed E-state index contributed by atoms with van der Waals surface area (Å²) in [5, 5.41) is 14.9. The molecule has 0 amide bonds. The van der Waals surface area contributed by atoms with Crippen molar-refractivity contribution in [3.05, 3.63) is 486 Å². The third-order valence-electron chi connectivity index (χ3n) is 25.9. The minimum Gasteiger partial charge on any atom is -0.309 e. The van der Waals surface area contributed by atoms with Crippen molar-refractivity contribution in [2.75, 3.05) is 0 Å². The van der Waals surface area contributed by atoms with Crippen molar-refractivity contribution in [3.8, 4) is 113 Å². The molecule has 0 saturated heterocycles. The Hall–Kier alpha value is -17.4. The Morgan fingerprint density at radius 2 is 0.420 bits per heavy atom. The van der Waals surface area contributed by atoms with Crippen LogP contribution in [0.3, 0.4) is 0 Å². The molecule has 0 N–H and O–H groups in total. The van der Waals surface area contributed by atoms with E-state index in [1.807, 2.05) is 49.1 Å². The van der Waals surface area contributed by atoms with Crippen LogP contribution in [0.25, 0.3) is 200 Å². The van der Waals surface area contributed by atoms with Gasteiger partial charge in [0, 0.05) is 90.3 Å². The molecule has 0 bridgehead atoms. The van der Waals surface area contributed by atoms with Gasteiger partial charge in [-0.3, -0.25) is 13.7 Å². The Morgan fingerprint density at radius 1 is 0.160 bits per heavy atom. The summed E-state index contributed by atoms with van der Waals surface area (Å²) in [5.41, 5.74) is 27.4. The highest BCUT2D eigenvalue weighted by molar-refractivity contribution is 7.19. The minimum absolute atomic E-state index is 0.635. The van der Waals surface area contributed by atoms with Gasteiger partial charge >= 0.3 is 0 Å². The Balaban J connectivity index is 0.000000146. The first kappa shape index (κ1) is 77.2. The van der Waals surface area contributed by atoms with Crippen LogP contribution in [0.15, 0.2) is 486 Å². The van der Waals surface area contributed by atoms with Gasteiger partial charge in [-0.05, 0) is 191 Å². The van der Waals surface area contributed by atoms with E-state index >= 15 is 0 Å². The fourth-order valence-electron chi connectivity index (χ4n) is 19.7. The van der Waals surface area contributed by atoms with E-state index in [-0.39, 0.29) is 0 Å². The number of aromatic nitrogens is 10. The topological polar surface area (TPSA) is 97.1 Å². The predicted octanol–water partition coefficient (Wildman–Crippen LogP) is 26.8. The lowest BCUT2D eigenvalue weighted by Gasteiger charge is -2.34. The van der Waals surface area contributed by atoms with E-state index in [0.29, 0.717) is 17.8 Å². The van der Waals surface area contributed by atoms with Gasteiger partial charge in [-0.25, -0.2) is 29.9 Å². The molecule has 25 aromatic rings. The Kier molecular flexibility index (Phi) is 19.4. The lowest BCUT2D eigenvalue weighted by atomic mass is 10.0. The zero-order valence-electron chi connectivity index (χ0n) is 71.2. The van der Waals surface area contributed by atoms with Gasteiger partial charge in [0.15, 0.2) is 8.07 Å². The smallest absolute Gasteiger partial charge is 0.235 e. The first-order chi connectivity index (χ1) is 64.9. The molecule has 0 saturated carbocycles. The summed E-state index contributed by atoms with van der Waals surface area (Å²) in [4.78, 5) is 30.0. The maximum Gasteiger partial charge on any atom is 0.235 e. The van der Waals surface area contributed by atoms with E-state index in [1.54, 1.807) is 0 Å². The number of benzene rings is 18. The summed E-state index contributed by atoms with van der Waals surface area (Å²) in [6.07, 6.45) is 7.61. The molecule has 0 aliphatic rings. The lowest BCUT2D eigenvalue weighted by Crippen LogP contribution is -2.74. The number of para-hydroxylation sites is 5. The first-order valence-electron chi connectivity index (χ1n) is 44.3. The molecule has 25 rings (SSSR count). The minimum atomic E-state index is -2.59. The van der Waals surface area contributed by atoms with Crippen LogP contribution < -0.4 is 20.7 Å². The molecule has 0 atom stereocenters. The summed E-state index contributed by atoms with van der Waals surface area (Å²) in [6, 6.07) is 165. The zero-order valence-corrected chi connectivity index (χ0v) is 72.2. The maximum atomic E-state index is 5.17. The molecular formula is C120H80N10Si. The van der Waals surface area contributed by atoms with Crippen LogP contribution in [0.4, 0.5) is 0 Å². The van der Waals surface area contributed by atoms with Crippen molar-refractivity contribution in [1.82, 2.24) is 48.2 Å². The summed E-state index contributed by atoms with van der Waals surface area (Å²) in [6.45, 7) is 0. The van der Waals surface area contributed by atoms with E-state index in [0.717, 1.165) is 122 Å². The van der Waals surface area contributed by atoms with Crippen LogP contribution in [-0.4, -0.2) is 56.2 Å². The summed E-state index contributed by atoms with van der Waals surface area (Å²) in [7, 11) is -2.59. The number of hydrogen-bond acceptors (Lipinski definition) is 6. The van der Waals surface area contributed by atoms with E-state index in [4.69, 9.17) is 29.9 Å². The lowest BCUT2D eigenvalue weighted by molar-refractivity contribution is 0.990. The number of rotatable bonds is 16. The van der Waals surface area contributed by atoms with Crippen LogP contribution in [0, 0.1) is 0 Å². The monoisotopic (exact) mass is 1690 g/mol. The molecule has 18 aromatic carbocycles. The van der Waals surface area contributed by atoms with Gasteiger partial charge in [-0.2, -0.15) is 0 Å². The van der Waals surface area contributed by atoms with Gasteiger partial charge < -0.3 is 4.57 Å². The molecule has 0 aliphatic carbocycles. The first-order valence-corrected chi connectivity index (χ1v) is 46.3. The van der Waals surface area contributed by atoms with Gasteiger partial charge in [0.05, 0.1) is 55.5 Å². The Labute approximate surface area is 757 Å². The molecule has 7 aromatic heterocycles. The average molecular weight is 1690 g/mol. The van der Waals surface area contributed by atoms with Gasteiger partial charge in [0.1, 0.15) is 0 Å². The average Bonchev–Trinajstić information content (AvgIpc) is 1.65. The van der Waals surface area contributed by atoms with Crippen molar-refractivity contribution in [1.29, 1.82) is 0 Å². The van der Waals surface area contributed by atoms with Crippen LogP contribution in [0.5, 0.6) is 0 Å². The molecule has 0 unspecified atom stereocenters. The molecule has 0 radical (unpaired) electrons. The summed E-state index contributed by atoms with van der Waals surface area (Å²) < 4.78 is 8.91. The van der Waals surface area contributed by atoms with E-state index in [9.17, 15) is 0 Å². The molecule has 7 heterocycles. The molecule has 614 valence electrons. The van der Waals surface area contributed by atoms with Gasteiger partial charge in [0.25, 0.3) is 0 Å². The zero-order chi connectivity index (χ0) is 86.7. The van der Waals surface area contributed by atoms with Crippen LogP contribution >= 0.6 is 0 Å². The van der Waals surface area contributed by atoms with E-state index in [1.165, 1.54) is 81.1 Å². The summed E-state index contributed by atoms with van der Waals surface area (Å²) in [5.74, 6) is 1.91. The molecule has 10 nitrogen and oxygen atoms in total. The quantitative estimate of drug-likeness (QED) is 0.0706. The number of nitrogens with zero attached hydrogens (tertiary/aromatic N) is 10. The van der Waals surface area contributed by atoms with Crippen molar-refractivity contribution < 1.29 is 0 Å². The van der Waals surface area contributed by atoms with Crippen molar-refractivity contribution in [3.63, 3.8) is 0 Å². The SMILES string of the molecule is c1ccc(-c2cccc(-c3ccnc(-n4c5ccccc5c5cc(-c6ccc7c(c6)c6ccccc6n7-c6nccc(-c7cccc(-c8ccccc8)c7)n6)ccc54)n3)c2)cc1.c1ccc(-n2c3ccccc3c3cc(-c4ccc5c(c4)c4ccccc4n5-c4ncc(-c5ccc(-c6ccc([Si](c7ccccc7)(c7ccccc7)c7ccccc7)cc6)cc5)cn4)ccc32)cc1. The van der Waals surface area contributed by atoms with Gasteiger partial charge in [0.2, 0.25) is 17.8 Å². The molecular weight excluding hydrogens is 1610 g/mol. The highest BCUT2D eigenvalue weighted by Crippen LogP contribution is 2.43. The van der Waals surface area contributed by atoms with Crippen LogP contribution in [-0.2, 0) is 0 Å². The second-order valence-electron chi connectivity index (χ2n) is 33.3. The largest absolute Gasteiger partial charge is 0.309 e. The summed E-state index contributed by atoms with van der Waals surface area (Å²) >= 11 is 0. The van der Waals surface area contributed by atoms with Crippen molar-refractivity contribution in [2.45, 2.75) is 0 Å². The van der Waals surface area contributed by atoms with Crippen LogP contribution in [0.1, 0.15) is 0 Å². The molecule has 0 aliphatic heterocycles. The normalized spacial score (nSPS) is 11.7. The second kappa shape index (κ2) is 32.9. The fraction of sp³-hybridized carbons (Fsp3) is 0. The molecule has 0 fully saturated rings. The number of fused-ring (bicyclic) bond motifs is 12.